The Labute approximate surface area is 149 Å². The van der Waals surface area contributed by atoms with Gasteiger partial charge in [0.15, 0.2) is 11.5 Å². The number of anilines is 1. The van der Waals surface area contributed by atoms with E-state index in [4.69, 9.17) is 9.47 Å². The molecule has 1 amide bonds. The highest BCUT2D eigenvalue weighted by Gasteiger charge is 2.51. The summed E-state index contributed by atoms with van der Waals surface area (Å²) >= 11 is 3.44. The highest BCUT2D eigenvalue weighted by Crippen LogP contribution is 2.49. The maximum atomic E-state index is 12.8. The largest absolute Gasteiger partial charge is 0.490 e. The lowest BCUT2D eigenvalue weighted by atomic mass is 9.95. The molecular weight excluding hydrogens is 370 g/mol. The van der Waals surface area contributed by atoms with E-state index in [1.54, 1.807) is 0 Å². The molecular formula is C19H18BrNO3. The Morgan fingerprint density at radius 3 is 2.42 bits per heavy atom. The molecule has 1 N–H and O–H groups in total. The van der Waals surface area contributed by atoms with Gasteiger partial charge in [0.25, 0.3) is 0 Å². The second-order valence-electron chi connectivity index (χ2n) is 6.26. The van der Waals surface area contributed by atoms with Gasteiger partial charge >= 0.3 is 0 Å². The summed E-state index contributed by atoms with van der Waals surface area (Å²) in [4.78, 5) is 12.8. The summed E-state index contributed by atoms with van der Waals surface area (Å²) in [6.07, 6.45) is 2.62. The molecule has 0 saturated heterocycles. The second-order valence-corrected chi connectivity index (χ2v) is 7.17. The Kier molecular flexibility index (Phi) is 3.96. The third kappa shape index (κ3) is 2.88. The molecule has 0 aromatic heterocycles. The summed E-state index contributed by atoms with van der Waals surface area (Å²) in [6.45, 7) is 1.29. The van der Waals surface area contributed by atoms with Crippen LogP contribution < -0.4 is 14.8 Å². The molecule has 4 nitrogen and oxygen atoms in total. The maximum absolute atomic E-state index is 12.8. The lowest BCUT2D eigenvalue weighted by Gasteiger charge is -2.17. The molecule has 2 aliphatic rings. The van der Waals surface area contributed by atoms with Crippen molar-refractivity contribution in [3.05, 3.63) is 52.5 Å². The van der Waals surface area contributed by atoms with Crippen molar-refractivity contribution in [1.29, 1.82) is 0 Å². The summed E-state index contributed by atoms with van der Waals surface area (Å²) in [5, 5.41) is 3.04. The highest BCUT2D eigenvalue weighted by molar-refractivity contribution is 9.10. The van der Waals surface area contributed by atoms with Crippen LogP contribution in [-0.2, 0) is 10.2 Å². The number of fused-ring (bicyclic) bond motifs is 1. The van der Waals surface area contributed by atoms with E-state index in [-0.39, 0.29) is 5.91 Å². The molecule has 1 aliphatic heterocycles. The fourth-order valence-corrected chi connectivity index (χ4v) is 3.30. The van der Waals surface area contributed by atoms with Crippen molar-refractivity contribution >= 4 is 27.5 Å². The first kappa shape index (κ1) is 15.5. The first-order valence-corrected chi connectivity index (χ1v) is 8.94. The van der Waals surface area contributed by atoms with Gasteiger partial charge in [0, 0.05) is 22.6 Å². The van der Waals surface area contributed by atoms with Crippen molar-refractivity contribution in [3.8, 4) is 11.5 Å². The van der Waals surface area contributed by atoms with E-state index < -0.39 is 5.41 Å². The summed E-state index contributed by atoms with van der Waals surface area (Å²) < 4.78 is 12.3. The summed E-state index contributed by atoms with van der Waals surface area (Å²) in [6, 6.07) is 13.6. The summed E-state index contributed by atoms with van der Waals surface area (Å²) in [5.41, 5.74) is 1.41. The number of amides is 1. The van der Waals surface area contributed by atoms with Crippen LogP contribution in [0.3, 0.4) is 0 Å². The normalized spacial score (nSPS) is 17.7. The number of carbonyl (C=O) groups is 1. The van der Waals surface area contributed by atoms with Crippen LogP contribution in [0.25, 0.3) is 0 Å². The van der Waals surface area contributed by atoms with Crippen LogP contribution >= 0.6 is 15.9 Å². The predicted molar refractivity (Wildman–Crippen MR) is 95.7 cm³/mol. The van der Waals surface area contributed by atoms with Gasteiger partial charge in [-0.1, -0.05) is 28.1 Å². The van der Waals surface area contributed by atoms with Crippen LogP contribution in [-0.4, -0.2) is 19.1 Å². The van der Waals surface area contributed by atoms with Gasteiger partial charge in [0.2, 0.25) is 5.91 Å². The van der Waals surface area contributed by atoms with Crippen LogP contribution in [0.1, 0.15) is 24.8 Å². The van der Waals surface area contributed by atoms with Crippen LogP contribution in [0.5, 0.6) is 11.5 Å². The molecule has 0 spiro atoms. The van der Waals surface area contributed by atoms with Crippen molar-refractivity contribution in [2.45, 2.75) is 24.7 Å². The first-order chi connectivity index (χ1) is 11.7. The van der Waals surface area contributed by atoms with Crippen LogP contribution in [0.15, 0.2) is 46.9 Å². The van der Waals surface area contributed by atoms with Gasteiger partial charge in [0.05, 0.1) is 18.6 Å². The molecule has 24 heavy (non-hydrogen) atoms. The van der Waals surface area contributed by atoms with Gasteiger partial charge < -0.3 is 14.8 Å². The molecule has 0 bridgehead atoms. The number of carbonyl (C=O) groups excluding carboxylic acids is 1. The minimum Gasteiger partial charge on any atom is -0.490 e. The zero-order chi connectivity index (χ0) is 16.6. The SMILES string of the molecule is O=C(Nc1ccc2c(c1)OCCCO2)C1(c2ccc(Br)cc2)CC1. The topological polar surface area (TPSA) is 47.6 Å². The van der Waals surface area contributed by atoms with Gasteiger partial charge in [-0.25, -0.2) is 0 Å². The van der Waals surface area contributed by atoms with Crippen molar-refractivity contribution in [2.24, 2.45) is 0 Å². The average molecular weight is 388 g/mol. The van der Waals surface area contributed by atoms with Crippen LogP contribution in [0, 0.1) is 0 Å². The van der Waals surface area contributed by atoms with E-state index in [0.29, 0.717) is 19.0 Å². The van der Waals surface area contributed by atoms with Gasteiger partial charge in [-0.05, 0) is 42.7 Å². The van der Waals surface area contributed by atoms with E-state index in [1.807, 2.05) is 42.5 Å². The predicted octanol–water partition coefficient (Wildman–Crippen LogP) is 4.28. The molecule has 124 valence electrons. The minimum atomic E-state index is -0.398. The Morgan fingerprint density at radius 1 is 1.00 bits per heavy atom. The van der Waals surface area contributed by atoms with Gasteiger partial charge in [-0.15, -0.1) is 0 Å². The van der Waals surface area contributed by atoms with Crippen molar-refractivity contribution in [3.63, 3.8) is 0 Å². The Balaban J connectivity index is 1.54. The molecule has 1 heterocycles. The van der Waals surface area contributed by atoms with Gasteiger partial charge in [0.1, 0.15) is 0 Å². The Bertz CT molecular complexity index is 769. The van der Waals surface area contributed by atoms with E-state index in [1.165, 1.54) is 0 Å². The Hall–Kier alpha value is -2.01. The number of rotatable bonds is 3. The lowest BCUT2D eigenvalue weighted by molar-refractivity contribution is -0.118. The fraction of sp³-hybridized carbons (Fsp3) is 0.316. The van der Waals surface area contributed by atoms with Gasteiger partial charge in [-0.2, -0.15) is 0 Å². The van der Waals surface area contributed by atoms with Crippen molar-refractivity contribution in [1.82, 2.24) is 0 Å². The van der Waals surface area contributed by atoms with E-state index in [9.17, 15) is 4.79 Å². The molecule has 1 saturated carbocycles. The molecule has 4 rings (SSSR count). The summed E-state index contributed by atoms with van der Waals surface area (Å²) in [5.74, 6) is 1.47. The van der Waals surface area contributed by atoms with Crippen molar-refractivity contribution < 1.29 is 14.3 Å². The minimum absolute atomic E-state index is 0.0410. The number of halogens is 1. The number of hydrogen-bond acceptors (Lipinski definition) is 3. The zero-order valence-electron chi connectivity index (χ0n) is 13.2. The molecule has 2 aromatic carbocycles. The first-order valence-electron chi connectivity index (χ1n) is 8.15. The van der Waals surface area contributed by atoms with Crippen LogP contribution in [0.2, 0.25) is 0 Å². The monoisotopic (exact) mass is 387 g/mol. The van der Waals surface area contributed by atoms with E-state index in [0.717, 1.165) is 40.7 Å². The molecule has 0 radical (unpaired) electrons. The average Bonchev–Trinajstić information content (AvgIpc) is 3.40. The third-order valence-corrected chi connectivity index (χ3v) is 5.12. The highest BCUT2D eigenvalue weighted by atomic mass is 79.9. The summed E-state index contributed by atoms with van der Waals surface area (Å²) in [7, 11) is 0. The molecule has 0 atom stereocenters. The van der Waals surface area contributed by atoms with Crippen molar-refractivity contribution in [2.75, 3.05) is 18.5 Å². The Morgan fingerprint density at radius 2 is 1.71 bits per heavy atom. The second kappa shape index (κ2) is 6.13. The molecule has 1 fully saturated rings. The van der Waals surface area contributed by atoms with Gasteiger partial charge in [-0.3, -0.25) is 4.79 Å². The number of ether oxygens (including phenoxy) is 2. The molecule has 1 aliphatic carbocycles. The smallest absolute Gasteiger partial charge is 0.235 e. The quantitative estimate of drug-likeness (QED) is 0.854. The number of hydrogen-bond donors (Lipinski definition) is 1. The molecule has 2 aromatic rings. The number of nitrogens with one attached hydrogen (secondary N) is 1. The fourth-order valence-electron chi connectivity index (χ4n) is 3.03. The lowest BCUT2D eigenvalue weighted by Crippen LogP contribution is -2.27. The number of benzene rings is 2. The maximum Gasteiger partial charge on any atom is 0.235 e. The van der Waals surface area contributed by atoms with Crippen LogP contribution in [0.4, 0.5) is 5.69 Å². The van der Waals surface area contributed by atoms with E-state index >= 15 is 0 Å². The van der Waals surface area contributed by atoms with E-state index in [2.05, 4.69) is 21.2 Å². The standard InChI is InChI=1S/C19H18BrNO3/c20-14-4-2-13(3-5-14)19(8-9-19)18(22)21-15-6-7-16-17(12-15)24-11-1-10-23-16/h2-7,12H,1,8-11H2,(H,21,22). The zero-order valence-corrected chi connectivity index (χ0v) is 14.8. The molecule has 5 heteroatoms. The third-order valence-electron chi connectivity index (χ3n) is 4.59. The molecule has 0 unspecified atom stereocenters.